The summed E-state index contributed by atoms with van der Waals surface area (Å²) in [5.41, 5.74) is -0.447. The molecular formula is C22H18F9N5O2. The van der Waals surface area contributed by atoms with E-state index in [2.05, 4.69) is 20.3 Å². The second-order valence-electron chi connectivity index (χ2n) is 8.64. The topological polar surface area (TPSA) is 74.0 Å². The second kappa shape index (κ2) is 9.23. The molecule has 3 aromatic rings. The summed E-state index contributed by atoms with van der Waals surface area (Å²) in [5, 5.41) is 9.73. The van der Waals surface area contributed by atoms with Crippen molar-refractivity contribution in [2.75, 3.05) is 0 Å². The third-order valence-electron chi connectivity index (χ3n) is 5.61. The van der Waals surface area contributed by atoms with Crippen molar-refractivity contribution in [3.63, 3.8) is 0 Å². The Morgan fingerprint density at radius 3 is 2.34 bits per heavy atom. The van der Waals surface area contributed by atoms with Crippen LogP contribution in [-0.2, 0) is 13.2 Å². The zero-order valence-corrected chi connectivity index (χ0v) is 19.5. The highest BCUT2D eigenvalue weighted by Crippen LogP contribution is 2.44. The van der Waals surface area contributed by atoms with E-state index in [1.807, 2.05) is 0 Å². The summed E-state index contributed by atoms with van der Waals surface area (Å²) >= 11 is 0. The molecule has 1 N–H and O–H groups in total. The van der Waals surface area contributed by atoms with Gasteiger partial charge in [0.1, 0.15) is 0 Å². The summed E-state index contributed by atoms with van der Waals surface area (Å²) < 4.78 is 124. The Kier molecular flexibility index (Phi) is 6.64. The van der Waals surface area contributed by atoms with E-state index in [-0.39, 0.29) is 17.5 Å². The van der Waals surface area contributed by atoms with Crippen LogP contribution in [0.15, 0.2) is 30.6 Å². The predicted octanol–water partition coefficient (Wildman–Crippen LogP) is 5.36. The minimum absolute atomic E-state index is 0.0755. The minimum atomic E-state index is -6.11. The quantitative estimate of drug-likeness (QED) is 0.399. The van der Waals surface area contributed by atoms with Gasteiger partial charge in [0.05, 0.1) is 6.20 Å². The third-order valence-corrected chi connectivity index (χ3v) is 5.61. The molecular weight excluding hydrogens is 537 g/mol. The van der Waals surface area contributed by atoms with Crippen LogP contribution in [0.4, 0.5) is 39.5 Å². The Balaban J connectivity index is 1.72. The fourth-order valence-electron chi connectivity index (χ4n) is 3.57. The Labute approximate surface area is 208 Å². The normalized spacial score (nSPS) is 15.4. The van der Waals surface area contributed by atoms with Gasteiger partial charge < -0.3 is 10.1 Å². The molecule has 1 aliphatic rings. The Hall–Kier alpha value is -3.72. The maximum Gasteiger partial charge on any atom is 0.440 e. The average molecular weight is 555 g/mol. The second-order valence-corrected chi connectivity index (χ2v) is 8.64. The molecule has 4 rings (SSSR count). The van der Waals surface area contributed by atoms with Gasteiger partial charge in [0.15, 0.2) is 11.4 Å². The summed E-state index contributed by atoms with van der Waals surface area (Å²) in [6.07, 6.45) is -18.3. The van der Waals surface area contributed by atoms with Gasteiger partial charge in [0, 0.05) is 30.4 Å². The number of ether oxygens (including phenoxy) is 1. The molecule has 16 heteroatoms. The number of aromatic nitrogens is 4. The molecule has 0 radical (unpaired) electrons. The first-order chi connectivity index (χ1) is 17.5. The van der Waals surface area contributed by atoms with Crippen LogP contribution in [-0.4, -0.2) is 50.0 Å². The number of halogens is 9. The van der Waals surface area contributed by atoms with Crippen LogP contribution in [0.1, 0.15) is 34.3 Å². The number of benzene rings is 1. The minimum Gasteiger partial charge on any atom is -0.410 e. The highest BCUT2D eigenvalue weighted by molar-refractivity contribution is 5.97. The molecule has 0 aliphatic heterocycles. The van der Waals surface area contributed by atoms with E-state index >= 15 is 0 Å². The molecule has 1 amide bonds. The molecule has 1 aromatic carbocycles. The smallest absolute Gasteiger partial charge is 0.410 e. The van der Waals surface area contributed by atoms with E-state index < -0.39 is 41.9 Å². The van der Waals surface area contributed by atoms with Crippen molar-refractivity contribution < 1.29 is 49.0 Å². The van der Waals surface area contributed by atoms with Crippen LogP contribution in [0.2, 0.25) is 0 Å². The SMILES string of the molecule is Cc1ccc(-c2cnn(-c3c(C(F)(F)F)c(OC(F)(F)C(F)C(F)(F)F)nn3C)c2)cc1C(=O)NC1CC1. The van der Waals surface area contributed by atoms with Crippen molar-refractivity contribution in [2.24, 2.45) is 7.05 Å². The maximum absolute atomic E-state index is 13.9. The van der Waals surface area contributed by atoms with Gasteiger partial charge in [-0.25, -0.2) is 13.8 Å². The molecule has 0 spiro atoms. The monoisotopic (exact) mass is 555 g/mol. The van der Waals surface area contributed by atoms with Crippen LogP contribution < -0.4 is 10.1 Å². The molecule has 2 aromatic heterocycles. The summed E-state index contributed by atoms with van der Waals surface area (Å²) in [4.78, 5) is 12.5. The molecule has 2 heterocycles. The molecule has 1 unspecified atom stereocenters. The standard InChI is InChI=1S/C22H18F9N5O2/c1-10-3-4-11(7-14(10)16(37)33-13-5-6-13)12-8-32-36(9-12)18-15(20(24,25)26)17(34-35(18)2)38-22(30,31)19(23)21(27,28)29/h3-4,7-9,13,19H,5-6H2,1-2H3,(H,33,37). The zero-order valence-electron chi connectivity index (χ0n) is 19.5. The lowest BCUT2D eigenvalue weighted by Crippen LogP contribution is -2.46. The van der Waals surface area contributed by atoms with Crippen LogP contribution in [0, 0.1) is 6.92 Å². The first-order valence-electron chi connectivity index (χ1n) is 10.9. The number of carbonyl (C=O) groups excluding carboxylic acids is 1. The van der Waals surface area contributed by atoms with Crippen molar-refractivity contribution >= 4 is 5.91 Å². The van der Waals surface area contributed by atoms with Gasteiger partial charge in [-0.1, -0.05) is 12.1 Å². The number of hydrogen-bond acceptors (Lipinski definition) is 4. The van der Waals surface area contributed by atoms with Crippen LogP contribution in [0.3, 0.4) is 0 Å². The predicted molar refractivity (Wildman–Crippen MR) is 113 cm³/mol. The molecule has 0 bridgehead atoms. The van der Waals surface area contributed by atoms with Gasteiger partial charge in [-0.3, -0.25) is 4.79 Å². The lowest BCUT2D eigenvalue weighted by Gasteiger charge is -2.22. The molecule has 1 aliphatic carbocycles. The van der Waals surface area contributed by atoms with Crippen LogP contribution >= 0.6 is 0 Å². The average Bonchev–Trinajstić information content (AvgIpc) is 3.35. The highest BCUT2D eigenvalue weighted by Gasteiger charge is 2.60. The van der Waals surface area contributed by atoms with Crippen molar-refractivity contribution in [3.8, 4) is 22.8 Å². The molecule has 0 saturated heterocycles. The first-order valence-corrected chi connectivity index (χ1v) is 10.9. The summed E-state index contributed by atoms with van der Waals surface area (Å²) in [5.74, 6) is -3.30. The number of nitrogens with one attached hydrogen (secondary N) is 1. The fraction of sp³-hybridized carbons (Fsp3) is 0.409. The van der Waals surface area contributed by atoms with E-state index in [0.717, 1.165) is 32.3 Å². The molecule has 1 fully saturated rings. The molecule has 1 saturated carbocycles. The van der Waals surface area contributed by atoms with E-state index in [1.54, 1.807) is 19.1 Å². The van der Waals surface area contributed by atoms with Gasteiger partial charge in [-0.05, 0) is 37.0 Å². The van der Waals surface area contributed by atoms with Gasteiger partial charge in [0.2, 0.25) is 0 Å². The lowest BCUT2D eigenvalue weighted by molar-refractivity contribution is -0.306. The zero-order chi connectivity index (χ0) is 28.2. The Morgan fingerprint density at radius 1 is 1.11 bits per heavy atom. The number of hydrogen-bond donors (Lipinski definition) is 1. The van der Waals surface area contributed by atoms with Crippen molar-refractivity contribution in [1.82, 2.24) is 24.9 Å². The van der Waals surface area contributed by atoms with Crippen LogP contribution in [0.5, 0.6) is 5.88 Å². The van der Waals surface area contributed by atoms with E-state index in [4.69, 9.17) is 0 Å². The van der Waals surface area contributed by atoms with E-state index in [9.17, 15) is 44.3 Å². The molecule has 7 nitrogen and oxygen atoms in total. The third kappa shape index (κ3) is 5.43. The Bertz CT molecular complexity index is 1360. The molecule has 38 heavy (non-hydrogen) atoms. The van der Waals surface area contributed by atoms with Crippen LogP contribution in [0.25, 0.3) is 16.9 Å². The molecule has 206 valence electrons. The van der Waals surface area contributed by atoms with Gasteiger partial charge >= 0.3 is 18.5 Å². The highest BCUT2D eigenvalue weighted by atomic mass is 19.4. The number of carbonyl (C=O) groups is 1. The molecule has 1 atom stereocenters. The van der Waals surface area contributed by atoms with Crippen molar-refractivity contribution in [1.29, 1.82) is 0 Å². The number of aryl methyl sites for hydroxylation is 2. The Morgan fingerprint density at radius 2 is 1.76 bits per heavy atom. The largest absolute Gasteiger partial charge is 0.440 e. The number of rotatable bonds is 7. The van der Waals surface area contributed by atoms with Gasteiger partial charge in [0.25, 0.3) is 18.0 Å². The summed E-state index contributed by atoms with van der Waals surface area (Å²) in [6.45, 7) is 1.69. The number of alkyl halides is 9. The summed E-state index contributed by atoms with van der Waals surface area (Å²) in [7, 11) is 0.875. The lowest BCUT2D eigenvalue weighted by atomic mass is 10.0. The maximum atomic E-state index is 13.9. The van der Waals surface area contributed by atoms with E-state index in [0.29, 0.717) is 26.1 Å². The van der Waals surface area contributed by atoms with Crippen molar-refractivity contribution in [3.05, 3.63) is 47.3 Å². The fourth-order valence-corrected chi connectivity index (χ4v) is 3.57. The summed E-state index contributed by atoms with van der Waals surface area (Å²) in [6, 6.07) is 4.76. The number of nitrogens with zero attached hydrogens (tertiary/aromatic N) is 4. The number of amides is 1. The van der Waals surface area contributed by atoms with Gasteiger partial charge in [-0.15, -0.1) is 5.10 Å². The first kappa shape index (κ1) is 27.3. The van der Waals surface area contributed by atoms with E-state index in [1.165, 1.54) is 6.07 Å². The van der Waals surface area contributed by atoms with Crippen molar-refractivity contribution in [2.45, 2.75) is 50.4 Å². The van der Waals surface area contributed by atoms with Gasteiger partial charge in [-0.2, -0.15) is 40.2 Å².